The number of hydrogen-bond donors (Lipinski definition) is 2. The number of anilines is 1. The number of imidazole rings is 1. The van der Waals surface area contributed by atoms with Crippen molar-refractivity contribution in [2.45, 2.75) is 32.5 Å². The van der Waals surface area contributed by atoms with Crippen LogP contribution in [0.2, 0.25) is 0 Å². The molecule has 1 saturated carbocycles. The van der Waals surface area contributed by atoms with Gasteiger partial charge in [0.1, 0.15) is 11.6 Å². The number of aromatic nitrogens is 4. The van der Waals surface area contributed by atoms with Crippen molar-refractivity contribution < 1.29 is 22.7 Å². The molecule has 11 nitrogen and oxygen atoms in total. The number of methoxy groups -OCH3 is 1. The van der Waals surface area contributed by atoms with Gasteiger partial charge in [-0.05, 0) is 31.2 Å². The highest BCUT2D eigenvalue weighted by atomic mass is 19.4. The largest absolute Gasteiger partial charge is 0.481 e. The first-order valence-electron chi connectivity index (χ1n) is 15.4. The van der Waals surface area contributed by atoms with Gasteiger partial charge in [0, 0.05) is 81.6 Å². The first-order valence-corrected chi connectivity index (χ1v) is 15.4. The summed E-state index contributed by atoms with van der Waals surface area (Å²) in [5, 5.41) is 3.31. The lowest BCUT2D eigenvalue weighted by Gasteiger charge is -2.30. The molecule has 14 heteroatoms. The third kappa shape index (κ3) is 7.71. The van der Waals surface area contributed by atoms with Crippen LogP contribution in [0, 0.1) is 12.8 Å². The molecule has 1 aromatic carbocycles. The second-order valence-corrected chi connectivity index (χ2v) is 11.8. The van der Waals surface area contributed by atoms with Crippen LogP contribution < -0.4 is 16.0 Å². The molecule has 2 aliphatic rings. The van der Waals surface area contributed by atoms with E-state index in [-0.39, 0.29) is 30.0 Å². The van der Waals surface area contributed by atoms with Crippen LogP contribution in [0.1, 0.15) is 35.5 Å². The predicted octanol–water partition coefficient (Wildman–Crippen LogP) is 3.95. The maximum absolute atomic E-state index is 14.2. The third-order valence-corrected chi connectivity index (χ3v) is 8.23. The topological polar surface area (TPSA) is 127 Å². The Balaban J connectivity index is 1.52. The van der Waals surface area contributed by atoms with Gasteiger partial charge >= 0.3 is 6.18 Å². The second-order valence-electron chi connectivity index (χ2n) is 11.8. The summed E-state index contributed by atoms with van der Waals surface area (Å²) < 4.78 is 46.7. The van der Waals surface area contributed by atoms with Crippen molar-refractivity contribution in [3.05, 3.63) is 77.2 Å². The number of aryl methyl sites for hydroxylation is 2. The zero-order valence-electron chi connectivity index (χ0n) is 27.1. The van der Waals surface area contributed by atoms with E-state index in [1.165, 1.54) is 18.7 Å². The van der Waals surface area contributed by atoms with E-state index < -0.39 is 11.9 Å². The van der Waals surface area contributed by atoms with Crippen molar-refractivity contribution in [3.63, 3.8) is 0 Å². The Bertz CT molecular complexity index is 1690. The van der Waals surface area contributed by atoms with Gasteiger partial charge < -0.3 is 20.4 Å². The number of allylic oxidation sites excluding steroid dienone is 1. The number of hydrogen-bond acceptors (Lipinski definition) is 9. The summed E-state index contributed by atoms with van der Waals surface area (Å²) >= 11 is 0. The molecular weight excluding hydrogens is 611 g/mol. The molecule has 3 heterocycles. The number of carbonyl (C=O) groups is 1. The minimum Gasteiger partial charge on any atom is -0.481 e. The van der Waals surface area contributed by atoms with Crippen LogP contribution in [0.15, 0.2) is 59.5 Å². The molecule has 250 valence electrons. The van der Waals surface area contributed by atoms with Gasteiger partial charge in [0.2, 0.25) is 5.90 Å². The van der Waals surface area contributed by atoms with Crippen LogP contribution in [0.25, 0.3) is 17.0 Å². The molecule has 2 fully saturated rings. The summed E-state index contributed by atoms with van der Waals surface area (Å²) in [6.07, 6.45) is -0.0693. The Morgan fingerprint density at radius 3 is 2.45 bits per heavy atom. The SMILES string of the molecule is C=C(CN1CCNCC1)C(=O)N(Cc1ccc(-c2nc(C(F)(F)F)cn2C)cc1)c1nc(/C(C(=NC)OC)=C(/N)C2CC2)ncc1C. The smallest absolute Gasteiger partial charge is 0.434 e. The number of aliphatic imine (C=N–C) groups is 1. The number of rotatable bonds is 10. The Morgan fingerprint density at radius 1 is 1.19 bits per heavy atom. The lowest BCUT2D eigenvalue weighted by Crippen LogP contribution is -2.45. The molecule has 1 aliphatic heterocycles. The number of halogens is 3. The highest BCUT2D eigenvalue weighted by Crippen LogP contribution is 2.38. The number of amides is 1. The van der Waals surface area contributed by atoms with Crippen molar-refractivity contribution in [2.75, 3.05) is 51.8 Å². The Kier molecular flexibility index (Phi) is 10.1. The van der Waals surface area contributed by atoms with Crippen LogP contribution >= 0.6 is 0 Å². The van der Waals surface area contributed by atoms with Gasteiger partial charge in [-0.25, -0.2) is 15.0 Å². The molecule has 3 aromatic rings. The lowest BCUT2D eigenvalue weighted by molar-refractivity contribution is -0.140. The number of benzene rings is 1. The van der Waals surface area contributed by atoms with E-state index in [4.69, 9.17) is 15.5 Å². The summed E-state index contributed by atoms with van der Waals surface area (Å²) in [5.41, 5.74) is 8.96. The maximum Gasteiger partial charge on any atom is 0.434 e. The molecule has 0 atom stereocenters. The Labute approximate surface area is 272 Å². The minimum absolute atomic E-state index is 0.113. The van der Waals surface area contributed by atoms with Crippen molar-refractivity contribution in [1.82, 2.24) is 29.7 Å². The number of nitrogens with one attached hydrogen (secondary N) is 1. The van der Waals surface area contributed by atoms with Gasteiger partial charge in [0.05, 0.1) is 19.2 Å². The Morgan fingerprint density at radius 2 is 1.87 bits per heavy atom. The molecule has 3 N–H and O–H groups in total. The average Bonchev–Trinajstić information content (AvgIpc) is 3.83. The third-order valence-electron chi connectivity index (χ3n) is 8.23. The van der Waals surface area contributed by atoms with Gasteiger partial charge in [0.15, 0.2) is 11.5 Å². The first-order chi connectivity index (χ1) is 22.4. The summed E-state index contributed by atoms with van der Waals surface area (Å²) in [6, 6.07) is 6.90. The zero-order valence-corrected chi connectivity index (χ0v) is 27.1. The molecule has 47 heavy (non-hydrogen) atoms. The molecule has 0 bridgehead atoms. The fraction of sp³-hybridized carbons (Fsp3) is 0.424. The van der Waals surface area contributed by atoms with E-state index in [9.17, 15) is 18.0 Å². The van der Waals surface area contributed by atoms with Gasteiger partial charge in [-0.1, -0.05) is 30.8 Å². The van der Waals surface area contributed by atoms with Crippen LogP contribution in [0.3, 0.4) is 0 Å². The number of carbonyl (C=O) groups excluding carboxylic acids is 1. The van der Waals surface area contributed by atoms with Crippen LogP contribution in [0.5, 0.6) is 0 Å². The minimum atomic E-state index is -4.55. The number of nitrogens with zero attached hydrogens (tertiary/aromatic N) is 7. The van der Waals surface area contributed by atoms with E-state index in [2.05, 4.69) is 31.8 Å². The molecule has 1 aliphatic carbocycles. The molecule has 0 radical (unpaired) electrons. The van der Waals surface area contributed by atoms with Crippen LogP contribution in [-0.4, -0.2) is 83.1 Å². The van der Waals surface area contributed by atoms with Gasteiger partial charge in [0.25, 0.3) is 5.91 Å². The van der Waals surface area contributed by atoms with Crippen molar-refractivity contribution in [2.24, 2.45) is 23.7 Å². The summed E-state index contributed by atoms with van der Waals surface area (Å²) in [5.74, 6) is 0.994. The predicted molar refractivity (Wildman–Crippen MR) is 174 cm³/mol. The maximum atomic E-state index is 14.2. The van der Waals surface area contributed by atoms with Crippen LogP contribution in [0.4, 0.5) is 19.0 Å². The average molecular weight is 652 g/mol. The quantitative estimate of drug-likeness (QED) is 0.192. The van der Waals surface area contributed by atoms with Gasteiger partial charge in [-0.15, -0.1) is 0 Å². The number of alkyl halides is 3. The number of piperazine rings is 1. The van der Waals surface area contributed by atoms with Crippen molar-refractivity contribution >= 4 is 23.2 Å². The van der Waals surface area contributed by atoms with Crippen molar-refractivity contribution in [1.29, 1.82) is 0 Å². The summed E-state index contributed by atoms with van der Waals surface area (Å²) in [6.45, 7) is 9.71. The molecule has 5 rings (SSSR count). The van der Waals surface area contributed by atoms with E-state index >= 15 is 0 Å². The molecule has 1 amide bonds. The van der Waals surface area contributed by atoms with Gasteiger partial charge in [-0.2, -0.15) is 13.2 Å². The van der Waals surface area contributed by atoms with E-state index in [0.29, 0.717) is 46.2 Å². The fourth-order valence-electron chi connectivity index (χ4n) is 5.53. The molecule has 2 aromatic heterocycles. The highest BCUT2D eigenvalue weighted by molar-refractivity contribution is 6.19. The molecular formula is C33H40F3N9O2. The molecule has 1 saturated heterocycles. The lowest BCUT2D eigenvalue weighted by atomic mass is 10.1. The van der Waals surface area contributed by atoms with E-state index in [0.717, 1.165) is 50.8 Å². The normalized spacial score (nSPS) is 16.5. The van der Waals surface area contributed by atoms with Crippen LogP contribution in [-0.2, 0) is 29.3 Å². The molecule has 0 spiro atoms. The summed E-state index contributed by atoms with van der Waals surface area (Å²) in [4.78, 5) is 35.4. The van der Waals surface area contributed by atoms with E-state index in [1.807, 2.05) is 6.92 Å². The highest BCUT2D eigenvalue weighted by Gasteiger charge is 2.35. The second kappa shape index (κ2) is 14.1. The molecule has 0 unspecified atom stereocenters. The standard InChI is InChI=1S/C33H40F3N9O2/c1-20-16-40-28(26(31(38-3)47-5)27(37)23-10-11-23)42-29(20)45(32(46)21(2)17-44-14-12-39-13-15-44)18-22-6-8-24(9-7-22)30-41-25(19-43(30)4)33(34,35)36/h6-9,16,19,23,39H,2,10-15,17-18,37H2,1,3-5H3/b27-26-,38-31?. The fourth-order valence-corrected chi connectivity index (χ4v) is 5.53. The van der Waals surface area contributed by atoms with Crippen molar-refractivity contribution in [3.8, 4) is 11.4 Å². The Hall–Kier alpha value is -4.56. The van der Waals surface area contributed by atoms with Gasteiger partial charge in [-0.3, -0.25) is 19.6 Å². The monoisotopic (exact) mass is 651 g/mol. The number of ether oxygens (including phenoxy) is 1. The first kappa shape index (κ1) is 33.8. The summed E-state index contributed by atoms with van der Waals surface area (Å²) in [7, 11) is 4.62. The number of nitrogens with two attached hydrogens (primary N) is 1. The van der Waals surface area contributed by atoms with E-state index in [1.54, 1.807) is 42.4 Å². The zero-order chi connectivity index (χ0) is 33.9.